The predicted molar refractivity (Wildman–Crippen MR) is 68.1 cm³/mol. The lowest BCUT2D eigenvalue weighted by molar-refractivity contribution is 0.644. The van der Waals surface area contributed by atoms with Crippen LogP contribution in [0.5, 0.6) is 0 Å². The molecule has 2 rings (SSSR count). The Morgan fingerprint density at radius 2 is 2.24 bits per heavy atom. The van der Waals surface area contributed by atoms with Gasteiger partial charge in [-0.05, 0) is 20.4 Å². The summed E-state index contributed by atoms with van der Waals surface area (Å²) in [6.07, 6.45) is 1.97. The monoisotopic (exact) mass is 251 g/mol. The van der Waals surface area contributed by atoms with Crippen molar-refractivity contribution >= 4 is 11.3 Å². The molecule has 0 atom stereocenters. The van der Waals surface area contributed by atoms with E-state index in [9.17, 15) is 0 Å². The molecule has 0 saturated heterocycles. The summed E-state index contributed by atoms with van der Waals surface area (Å²) in [6.45, 7) is 8.62. The Balaban J connectivity index is 2.01. The number of aromatic nitrogens is 4. The second-order valence-corrected chi connectivity index (χ2v) is 5.22. The molecule has 0 radical (unpaired) electrons. The molecule has 0 spiro atoms. The van der Waals surface area contributed by atoms with Crippen LogP contribution >= 0.6 is 11.3 Å². The first-order chi connectivity index (χ1) is 8.19. The Morgan fingerprint density at radius 1 is 1.41 bits per heavy atom. The number of nitrogens with one attached hydrogen (secondary N) is 1. The third-order valence-corrected chi connectivity index (χ3v) is 3.57. The normalized spacial score (nSPS) is 11.0. The minimum Gasteiger partial charge on any atom is -0.311 e. The number of thiazole rings is 1. The third kappa shape index (κ3) is 3.10. The van der Waals surface area contributed by atoms with E-state index in [0.717, 1.165) is 29.5 Å². The van der Waals surface area contributed by atoms with E-state index in [4.69, 9.17) is 0 Å². The third-order valence-electron chi connectivity index (χ3n) is 2.51. The van der Waals surface area contributed by atoms with E-state index in [1.165, 1.54) is 4.88 Å². The highest BCUT2D eigenvalue weighted by molar-refractivity contribution is 7.11. The van der Waals surface area contributed by atoms with Gasteiger partial charge in [-0.2, -0.15) is 0 Å². The smallest absolute Gasteiger partial charge is 0.115 e. The zero-order valence-electron chi connectivity index (χ0n) is 10.4. The van der Waals surface area contributed by atoms with E-state index >= 15 is 0 Å². The molecule has 5 nitrogen and oxygen atoms in total. The van der Waals surface area contributed by atoms with Crippen molar-refractivity contribution < 1.29 is 0 Å². The van der Waals surface area contributed by atoms with Crippen molar-refractivity contribution in [2.45, 2.75) is 33.9 Å². The number of hydrogen-bond donors (Lipinski definition) is 1. The van der Waals surface area contributed by atoms with E-state index in [2.05, 4.69) is 34.5 Å². The summed E-state index contributed by atoms with van der Waals surface area (Å²) in [5.41, 5.74) is 2.08. The minimum absolute atomic E-state index is 0.707. The Hall–Kier alpha value is -1.27. The topological polar surface area (TPSA) is 55.6 Å². The number of hydrogen-bond acceptors (Lipinski definition) is 5. The summed E-state index contributed by atoms with van der Waals surface area (Å²) in [5.74, 6) is 0. The maximum atomic E-state index is 4.49. The maximum absolute atomic E-state index is 4.49. The van der Waals surface area contributed by atoms with Crippen LogP contribution in [0.15, 0.2) is 6.20 Å². The van der Waals surface area contributed by atoms with Crippen molar-refractivity contribution in [1.82, 2.24) is 25.3 Å². The first kappa shape index (κ1) is 12.2. The number of nitrogens with zero attached hydrogens (tertiary/aromatic N) is 4. The fourth-order valence-corrected chi connectivity index (χ4v) is 2.42. The molecule has 92 valence electrons. The molecule has 1 N–H and O–H groups in total. The molecule has 0 amide bonds. The van der Waals surface area contributed by atoms with Gasteiger partial charge in [-0.15, -0.1) is 16.4 Å². The lowest BCUT2D eigenvalue weighted by atomic mass is 10.4. The molecule has 0 fully saturated rings. The van der Waals surface area contributed by atoms with Gasteiger partial charge in [-0.1, -0.05) is 12.1 Å². The Morgan fingerprint density at radius 3 is 2.88 bits per heavy atom. The molecule has 0 aliphatic heterocycles. The summed E-state index contributed by atoms with van der Waals surface area (Å²) in [5, 5.41) is 12.5. The second kappa shape index (κ2) is 5.37. The van der Waals surface area contributed by atoms with E-state index in [-0.39, 0.29) is 0 Å². The molecule has 0 aliphatic rings. The molecule has 0 aromatic carbocycles. The minimum atomic E-state index is 0.707. The van der Waals surface area contributed by atoms with Crippen molar-refractivity contribution in [2.24, 2.45) is 0 Å². The average Bonchev–Trinajstić information content (AvgIpc) is 2.85. The fourth-order valence-electron chi connectivity index (χ4n) is 1.50. The van der Waals surface area contributed by atoms with Gasteiger partial charge >= 0.3 is 0 Å². The zero-order chi connectivity index (χ0) is 12.3. The van der Waals surface area contributed by atoms with Crippen molar-refractivity contribution in [3.63, 3.8) is 0 Å². The second-order valence-electron chi connectivity index (χ2n) is 3.94. The van der Waals surface area contributed by atoms with Crippen LogP contribution in [-0.2, 0) is 13.1 Å². The molecular weight excluding hydrogens is 234 g/mol. The van der Waals surface area contributed by atoms with Crippen LogP contribution < -0.4 is 5.32 Å². The molecule has 0 bridgehead atoms. The quantitative estimate of drug-likeness (QED) is 0.875. The summed E-state index contributed by atoms with van der Waals surface area (Å²) >= 11 is 1.72. The highest BCUT2D eigenvalue weighted by atomic mass is 32.1. The van der Waals surface area contributed by atoms with Gasteiger partial charge < -0.3 is 5.32 Å². The Labute approximate surface area is 105 Å². The van der Waals surface area contributed by atoms with Gasteiger partial charge in [-0.25, -0.2) is 9.67 Å². The van der Waals surface area contributed by atoms with Gasteiger partial charge in [0.15, 0.2) is 0 Å². The molecular formula is C11H17N5S. The van der Waals surface area contributed by atoms with Gasteiger partial charge in [0.1, 0.15) is 5.01 Å². The molecule has 17 heavy (non-hydrogen) atoms. The fraction of sp³-hybridized carbons (Fsp3) is 0.545. The van der Waals surface area contributed by atoms with Crippen molar-refractivity contribution in [2.75, 3.05) is 6.54 Å². The van der Waals surface area contributed by atoms with Crippen LogP contribution in [-0.4, -0.2) is 26.5 Å². The molecule has 0 saturated carbocycles. The summed E-state index contributed by atoms with van der Waals surface area (Å²) in [6, 6.07) is 0. The van der Waals surface area contributed by atoms with Crippen LogP contribution in [0.4, 0.5) is 0 Å². The van der Waals surface area contributed by atoms with Crippen LogP contribution in [0, 0.1) is 13.8 Å². The van der Waals surface area contributed by atoms with E-state index < -0.39 is 0 Å². The van der Waals surface area contributed by atoms with Gasteiger partial charge in [-0.3, -0.25) is 0 Å². The van der Waals surface area contributed by atoms with Crippen molar-refractivity contribution in [3.05, 3.63) is 27.5 Å². The predicted octanol–water partition coefficient (Wildman–Crippen LogP) is 1.51. The number of aryl methyl sites for hydroxylation is 2. The van der Waals surface area contributed by atoms with Crippen LogP contribution in [0.25, 0.3) is 0 Å². The van der Waals surface area contributed by atoms with Crippen molar-refractivity contribution in [1.29, 1.82) is 0 Å². The maximum Gasteiger partial charge on any atom is 0.115 e. The SMILES string of the molecule is CCNCc1cn(Cc2nc(C)c(C)s2)nn1. The molecule has 2 heterocycles. The average molecular weight is 251 g/mol. The number of rotatable bonds is 5. The molecule has 2 aromatic heterocycles. The van der Waals surface area contributed by atoms with Gasteiger partial charge in [0.2, 0.25) is 0 Å². The van der Waals surface area contributed by atoms with Gasteiger partial charge in [0.25, 0.3) is 0 Å². The van der Waals surface area contributed by atoms with Gasteiger partial charge in [0.05, 0.1) is 24.1 Å². The molecule has 6 heteroatoms. The standard InChI is InChI=1S/C11H17N5S/c1-4-12-5-10-6-16(15-14-10)7-11-13-8(2)9(3)17-11/h6,12H,4-5,7H2,1-3H3. The highest BCUT2D eigenvalue weighted by Crippen LogP contribution is 2.17. The Kier molecular flexibility index (Phi) is 3.86. The summed E-state index contributed by atoms with van der Waals surface area (Å²) in [4.78, 5) is 5.76. The van der Waals surface area contributed by atoms with Crippen LogP contribution in [0.1, 0.15) is 28.2 Å². The lowest BCUT2D eigenvalue weighted by Gasteiger charge is -1.95. The summed E-state index contributed by atoms with van der Waals surface area (Å²) in [7, 11) is 0. The van der Waals surface area contributed by atoms with Crippen LogP contribution in [0.3, 0.4) is 0 Å². The van der Waals surface area contributed by atoms with E-state index in [1.54, 1.807) is 11.3 Å². The van der Waals surface area contributed by atoms with Crippen molar-refractivity contribution in [3.8, 4) is 0 Å². The highest BCUT2D eigenvalue weighted by Gasteiger charge is 2.06. The largest absolute Gasteiger partial charge is 0.311 e. The first-order valence-electron chi connectivity index (χ1n) is 5.71. The molecule has 0 unspecified atom stereocenters. The lowest BCUT2D eigenvalue weighted by Crippen LogP contribution is -2.11. The Bertz CT molecular complexity index is 468. The summed E-state index contributed by atoms with van der Waals surface area (Å²) < 4.78 is 1.84. The van der Waals surface area contributed by atoms with E-state index in [0.29, 0.717) is 6.54 Å². The van der Waals surface area contributed by atoms with Crippen LogP contribution in [0.2, 0.25) is 0 Å². The molecule has 0 aliphatic carbocycles. The molecule has 2 aromatic rings. The van der Waals surface area contributed by atoms with Gasteiger partial charge in [0, 0.05) is 11.4 Å². The first-order valence-corrected chi connectivity index (χ1v) is 6.53. The zero-order valence-corrected chi connectivity index (χ0v) is 11.2. The van der Waals surface area contributed by atoms with E-state index in [1.807, 2.05) is 17.8 Å².